The average molecular weight is 1510 g/mol. The van der Waals surface area contributed by atoms with Gasteiger partial charge in [0.25, 0.3) is 0 Å². The fraction of sp³-hybridized carbons (Fsp3) is 0.333. The van der Waals surface area contributed by atoms with Crippen LogP contribution in [-0.2, 0) is 34.0 Å². The lowest BCUT2D eigenvalue weighted by atomic mass is 9.85. The third kappa shape index (κ3) is 18.8. The van der Waals surface area contributed by atoms with Crippen LogP contribution in [0.4, 0.5) is 43.4 Å². The van der Waals surface area contributed by atoms with Crippen LogP contribution < -0.4 is 14.7 Å². The van der Waals surface area contributed by atoms with Gasteiger partial charge in [-0.05, 0) is 240 Å². The van der Waals surface area contributed by atoms with Crippen molar-refractivity contribution in [1.29, 1.82) is 0 Å². The van der Waals surface area contributed by atoms with E-state index in [-0.39, 0.29) is 70.0 Å². The van der Waals surface area contributed by atoms with Crippen molar-refractivity contribution in [3.8, 4) is 0 Å². The molecule has 0 saturated carbocycles. The molecule has 6 aliphatic heterocycles. The lowest BCUT2D eigenvalue weighted by Gasteiger charge is -2.43. The molecular formula is C90H93F6N9O6. The summed E-state index contributed by atoms with van der Waals surface area (Å²) in [5, 5.41) is 0. The Labute approximate surface area is 645 Å². The minimum atomic E-state index is -0.630. The third-order valence-electron chi connectivity index (χ3n) is 22.7. The summed E-state index contributed by atoms with van der Waals surface area (Å²) < 4.78 is 80.7. The number of nitrogens with zero attached hydrogens (tertiary/aromatic N) is 9. The second kappa shape index (κ2) is 36.0. The summed E-state index contributed by atoms with van der Waals surface area (Å²) >= 11 is 0. The lowest BCUT2D eigenvalue weighted by molar-refractivity contribution is -0.134. The Morgan fingerprint density at radius 3 is 0.766 bits per heavy atom. The molecule has 0 N–H and O–H groups in total. The molecule has 0 aromatic heterocycles. The van der Waals surface area contributed by atoms with E-state index in [4.69, 9.17) is 0 Å². The maximum Gasteiger partial charge on any atom is 0.250 e. The van der Waals surface area contributed by atoms with Gasteiger partial charge in [0.15, 0.2) is 17.3 Å². The average Bonchev–Trinajstić information content (AvgIpc) is 1.61. The van der Waals surface area contributed by atoms with Crippen LogP contribution >= 0.6 is 0 Å². The fourth-order valence-corrected chi connectivity index (χ4v) is 16.7. The Morgan fingerprint density at radius 2 is 0.532 bits per heavy atom. The van der Waals surface area contributed by atoms with E-state index in [0.29, 0.717) is 133 Å². The van der Waals surface area contributed by atoms with Crippen LogP contribution in [0.1, 0.15) is 125 Å². The van der Waals surface area contributed by atoms with E-state index in [1.54, 1.807) is 18.2 Å². The molecule has 6 fully saturated rings. The van der Waals surface area contributed by atoms with Crippen LogP contribution in [0.15, 0.2) is 237 Å². The van der Waals surface area contributed by atoms with E-state index >= 15 is 0 Å². The van der Waals surface area contributed by atoms with Crippen molar-refractivity contribution in [2.45, 2.75) is 113 Å². The van der Waals surface area contributed by atoms with E-state index in [9.17, 15) is 55.1 Å². The van der Waals surface area contributed by atoms with E-state index in [2.05, 4.69) is 29.4 Å². The maximum atomic E-state index is 13.8. The van der Waals surface area contributed by atoms with Crippen LogP contribution in [0.5, 0.6) is 0 Å². The maximum absolute atomic E-state index is 13.8. The van der Waals surface area contributed by atoms with Gasteiger partial charge in [0.1, 0.15) is 51.5 Å². The molecule has 0 bridgehead atoms. The summed E-state index contributed by atoms with van der Waals surface area (Å²) in [5.41, 5.74) is 5.08. The second-order valence-electron chi connectivity index (χ2n) is 29.8. The molecule has 3 amide bonds. The van der Waals surface area contributed by atoms with E-state index in [1.807, 2.05) is 124 Å². The number of para-hydroxylation sites is 3. The second-order valence-corrected chi connectivity index (χ2v) is 29.8. The summed E-state index contributed by atoms with van der Waals surface area (Å²) in [4.78, 5) is 97.9. The van der Waals surface area contributed by atoms with Gasteiger partial charge < -0.3 is 44.1 Å². The zero-order valence-corrected chi connectivity index (χ0v) is 62.4. The number of hydrogen-bond donors (Lipinski definition) is 0. The van der Waals surface area contributed by atoms with Crippen LogP contribution in [0.2, 0.25) is 0 Å². The SMILES string of the molecule is O=C(CCCN1CCC2(CC1)C(=O)N(Cc1cccc(F)c1)CN2c1ccccc1)c1ccc(F)cc1.O=C(CCCN1CCC2(CC1)C(=O)N(Cc1cccc(F)c1)CN2c1ccccc1)c1ccc(F)cc1.O=C(CCCN1CCC2(CC1)C(=O)N(Cc1cccc(F)c1)CN2c1ccccc1)c1ccc(F)cc1. The first kappa shape index (κ1) is 78.4. The summed E-state index contributed by atoms with van der Waals surface area (Å²) in [6.07, 6.45) is 7.48. The van der Waals surface area contributed by atoms with Crippen molar-refractivity contribution < 1.29 is 55.1 Å². The van der Waals surface area contributed by atoms with Gasteiger partial charge in [-0.2, -0.15) is 0 Å². The van der Waals surface area contributed by atoms with Crippen LogP contribution in [0.25, 0.3) is 0 Å². The highest BCUT2D eigenvalue weighted by atomic mass is 19.1. The van der Waals surface area contributed by atoms with Crippen molar-refractivity contribution in [2.24, 2.45) is 0 Å². The van der Waals surface area contributed by atoms with Gasteiger partial charge >= 0.3 is 0 Å². The largest absolute Gasteiger partial charge is 0.339 e. The van der Waals surface area contributed by atoms with Crippen molar-refractivity contribution in [3.05, 3.63) is 305 Å². The number of hydrogen-bond acceptors (Lipinski definition) is 12. The number of Topliss-reactive ketones (excluding diaryl/α,β-unsaturated/α-hetero) is 3. The molecule has 6 saturated heterocycles. The first-order valence-electron chi connectivity index (χ1n) is 38.5. The molecule has 111 heavy (non-hydrogen) atoms. The number of piperidine rings is 3. The van der Waals surface area contributed by atoms with Gasteiger partial charge in [-0.3, -0.25) is 28.8 Å². The number of amides is 3. The molecule has 0 radical (unpaired) electrons. The molecule has 9 aromatic rings. The Kier molecular flexibility index (Phi) is 25.4. The molecular weight excluding hydrogens is 1420 g/mol. The van der Waals surface area contributed by atoms with E-state index < -0.39 is 16.6 Å². The third-order valence-corrected chi connectivity index (χ3v) is 22.7. The lowest BCUT2D eigenvalue weighted by Crippen LogP contribution is -2.56. The first-order chi connectivity index (χ1) is 53.8. The highest BCUT2D eigenvalue weighted by molar-refractivity contribution is 5.98. The molecule has 6 heterocycles. The van der Waals surface area contributed by atoms with Gasteiger partial charge in [-0.15, -0.1) is 0 Å². The quantitative estimate of drug-likeness (QED) is 0.0421. The minimum Gasteiger partial charge on any atom is -0.339 e. The predicted octanol–water partition coefficient (Wildman–Crippen LogP) is 15.8. The Morgan fingerprint density at radius 1 is 0.288 bits per heavy atom. The Bertz CT molecular complexity index is 4190. The summed E-state index contributed by atoms with van der Waals surface area (Å²) in [5.74, 6) is -1.63. The highest BCUT2D eigenvalue weighted by Crippen LogP contribution is 2.44. The number of likely N-dealkylation sites (tertiary alicyclic amines) is 3. The number of carbonyl (C=O) groups is 6. The summed E-state index contributed by atoms with van der Waals surface area (Å²) in [6, 6.07) is 66.3. The molecule has 21 heteroatoms. The zero-order chi connectivity index (χ0) is 77.5. The summed E-state index contributed by atoms with van der Waals surface area (Å²) in [6.45, 7) is 9.37. The van der Waals surface area contributed by atoms with Crippen molar-refractivity contribution >= 4 is 52.1 Å². The smallest absolute Gasteiger partial charge is 0.250 e. The fourth-order valence-electron chi connectivity index (χ4n) is 16.7. The van der Waals surface area contributed by atoms with Crippen molar-refractivity contribution in [1.82, 2.24) is 29.4 Å². The number of halogens is 6. The van der Waals surface area contributed by atoms with Crippen molar-refractivity contribution in [3.63, 3.8) is 0 Å². The number of rotatable bonds is 24. The molecule has 9 aromatic carbocycles. The normalized spacial score (nSPS) is 17.5. The molecule has 576 valence electrons. The number of benzene rings is 9. The molecule has 15 nitrogen and oxygen atoms in total. The van der Waals surface area contributed by atoms with E-state index in [0.717, 1.165) is 92.7 Å². The van der Waals surface area contributed by atoms with Crippen LogP contribution in [-0.4, -0.2) is 160 Å². The number of anilines is 3. The van der Waals surface area contributed by atoms with E-state index in [1.165, 1.54) is 109 Å². The highest BCUT2D eigenvalue weighted by Gasteiger charge is 2.56. The Hall–Kier alpha value is -10.7. The monoisotopic (exact) mass is 1510 g/mol. The molecule has 0 atom stereocenters. The summed E-state index contributed by atoms with van der Waals surface area (Å²) in [7, 11) is 0. The van der Waals surface area contributed by atoms with Crippen LogP contribution in [0, 0.1) is 34.9 Å². The van der Waals surface area contributed by atoms with Gasteiger partial charge in [-0.1, -0.05) is 91.0 Å². The predicted molar refractivity (Wildman–Crippen MR) is 417 cm³/mol. The van der Waals surface area contributed by atoms with Crippen molar-refractivity contribution in [2.75, 3.05) is 93.6 Å². The standard InChI is InChI=1S/3C30H31F2N3O2/c3*31-25-13-11-24(12-14-25)28(36)10-5-17-33-18-15-30(16-19-33)29(37)34(21-23-6-4-7-26(32)20-23)22-35(30)27-8-2-1-3-9-27/h3*1-4,6-9,11-14,20H,5,10,15-19,21-22H2. The number of ketones is 3. The van der Waals surface area contributed by atoms with Gasteiger partial charge in [0, 0.05) is 112 Å². The van der Waals surface area contributed by atoms with Gasteiger partial charge in [0.05, 0.1) is 20.0 Å². The van der Waals surface area contributed by atoms with Crippen LogP contribution in [0.3, 0.4) is 0 Å². The number of carbonyl (C=O) groups excluding carboxylic acids is 6. The van der Waals surface area contributed by atoms with Gasteiger partial charge in [-0.25, -0.2) is 26.3 Å². The first-order valence-corrected chi connectivity index (χ1v) is 38.5. The molecule has 3 spiro atoms. The van der Waals surface area contributed by atoms with Gasteiger partial charge in [0.2, 0.25) is 17.7 Å². The molecule has 6 aliphatic rings. The molecule has 15 rings (SSSR count). The minimum absolute atomic E-state index is 0.0164. The molecule has 0 aliphatic carbocycles. The molecule has 0 unspecified atom stereocenters. The zero-order valence-electron chi connectivity index (χ0n) is 62.4. The Balaban J connectivity index is 0.000000146. The topological polar surface area (TPSA) is 132 Å².